The van der Waals surface area contributed by atoms with Gasteiger partial charge < -0.3 is 20.9 Å². The second kappa shape index (κ2) is 11.4. The van der Waals surface area contributed by atoms with E-state index in [1.807, 2.05) is 18.2 Å². The van der Waals surface area contributed by atoms with Crippen molar-refractivity contribution in [3.05, 3.63) is 110 Å². The Kier molecular flexibility index (Phi) is 8.05. The number of rotatable bonds is 9. The smallest absolute Gasteiger partial charge is 0.142 e. The van der Waals surface area contributed by atoms with Gasteiger partial charge in [0.1, 0.15) is 36.2 Å². The highest BCUT2D eigenvalue weighted by molar-refractivity contribution is 6.34. The van der Waals surface area contributed by atoms with Crippen LogP contribution in [0.2, 0.25) is 10.0 Å². The van der Waals surface area contributed by atoms with Gasteiger partial charge in [0.05, 0.1) is 15.7 Å². The van der Waals surface area contributed by atoms with Crippen LogP contribution in [0.5, 0.6) is 11.5 Å². The van der Waals surface area contributed by atoms with E-state index in [1.165, 1.54) is 18.2 Å². The molecule has 0 aliphatic carbocycles. The summed E-state index contributed by atoms with van der Waals surface area (Å²) in [6.07, 6.45) is 0. The number of anilines is 1. The van der Waals surface area contributed by atoms with E-state index < -0.39 is 0 Å². The molecule has 4 N–H and O–H groups in total. The highest BCUT2D eigenvalue weighted by atomic mass is 35.5. The van der Waals surface area contributed by atoms with Gasteiger partial charge in [-0.2, -0.15) is 0 Å². The largest absolute Gasteiger partial charge is 0.488 e. The number of nitrogens with two attached hydrogens (primary N) is 2. The summed E-state index contributed by atoms with van der Waals surface area (Å²) < 4.78 is 25.3. The number of hydrogen-bond acceptors (Lipinski definition) is 6. The quantitative estimate of drug-likeness (QED) is 0.175. The van der Waals surface area contributed by atoms with E-state index in [0.29, 0.717) is 27.1 Å². The zero-order chi connectivity index (χ0) is 25.7. The maximum atomic E-state index is 13.3. The fourth-order valence-electron chi connectivity index (χ4n) is 3.62. The summed E-state index contributed by atoms with van der Waals surface area (Å²) in [6, 6.07) is 19.9. The van der Waals surface area contributed by atoms with Gasteiger partial charge in [-0.1, -0.05) is 59.6 Å². The maximum absolute atomic E-state index is 13.3. The van der Waals surface area contributed by atoms with Crippen LogP contribution in [-0.2, 0) is 19.8 Å². The topological polar surface area (TPSA) is 99.9 Å². The highest BCUT2D eigenvalue weighted by Crippen LogP contribution is 2.36. The Hall–Kier alpha value is -3.65. The molecule has 4 aromatic rings. The Balaban J connectivity index is 1.52. The lowest BCUT2D eigenvalue weighted by molar-refractivity contribution is 0.288. The third kappa shape index (κ3) is 5.76. The summed E-state index contributed by atoms with van der Waals surface area (Å²) >= 11 is 13.1. The van der Waals surface area contributed by atoms with Gasteiger partial charge in [0, 0.05) is 29.3 Å². The zero-order valence-electron chi connectivity index (χ0n) is 19.0. The van der Waals surface area contributed by atoms with Crippen LogP contribution in [0, 0.1) is 10.7 Å². The van der Waals surface area contributed by atoms with Gasteiger partial charge in [-0.3, -0.25) is 0 Å². The normalized spacial score (nSPS) is 10.8. The van der Waals surface area contributed by atoms with Crippen molar-refractivity contribution in [3.63, 3.8) is 0 Å². The molecular formula is C27H22Cl2FN3O3. The first-order valence-corrected chi connectivity index (χ1v) is 11.7. The number of benzene rings is 4. The molecule has 0 aliphatic heterocycles. The predicted molar refractivity (Wildman–Crippen MR) is 141 cm³/mol. The van der Waals surface area contributed by atoms with E-state index in [2.05, 4.69) is 5.18 Å². The van der Waals surface area contributed by atoms with Gasteiger partial charge in [-0.25, -0.2) is 4.39 Å². The van der Waals surface area contributed by atoms with Crippen molar-refractivity contribution in [1.29, 1.82) is 0 Å². The summed E-state index contributed by atoms with van der Waals surface area (Å²) in [7, 11) is 0. The molecule has 0 fully saturated rings. The number of halogens is 3. The van der Waals surface area contributed by atoms with Gasteiger partial charge in [-0.15, -0.1) is 4.91 Å². The molecular weight excluding hydrogens is 504 g/mol. The average Bonchev–Trinajstić information content (AvgIpc) is 2.88. The van der Waals surface area contributed by atoms with Crippen molar-refractivity contribution in [1.82, 2.24) is 0 Å². The van der Waals surface area contributed by atoms with Crippen molar-refractivity contribution < 1.29 is 13.9 Å². The number of nitroso groups, excluding NO2 is 1. The third-order valence-corrected chi connectivity index (χ3v) is 6.28. The molecule has 0 aromatic heterocycles. The second-order valence-corrected chi connectivity index (χ2v) is 8.73. The Morgan fingerprint density at radius 1 is 0.861 bits per heavy atom. The Labute approximate surface area is 217 Å². The van der Waals surface area contributed by atoms with Crippen LogP contribution in [0.15, 0.2) is 78.0 Å². The Bertz CT molecular complexity index is 1400. The van der Waals surface area contributed by atoms with Crippen LogP contribution in [0.1, 0.15) is 16.7 Å². The third-order valence-electron chi connectivity index (χ3n) is 5.54. The lowest BCUT2D eigenvalue weighted by atomic mass is 10.0. The number of hydrogen-bond donors (Lipinski definition) is 2. The number of nitrogens with zero attached hydrogens (tertiary/aromatic N) is 1. The minimum atomic E-state index is -0.318. The molecule has 0 spiro atoms. The molecule has 0 amide bonds. The molecule has 9 heteroatoms. The van der Waals surface area contributed by atoms with Crippen LogP contribution >= 0.6 is 23.2 Å². The summed E-state index contributed by atoms with van der Waals surface area (Å²) in [5, 5.41) is 3.74. The monoisotopic (exact) mass is 525 g/mol. The van der Waals surface area contributed by atoms with Gasteiger partial charge in [0.2, 0.25) is 0 Å². The summed E-state index contributed by atoms with van der Waals surface area (Å²) in [6.45, 7) is 0.533. The molecule has 0 saturated heterocycles. The van der Waals surface area contributed by atoms with Crippen molar-refractivity contribution in [3.8, 4) is 22.6 Å². The first-order chi connectivity index (χ1) is 17.4. The van der Waals surface area contributed by atoms with E-state index in [-0.39, 0.29) is 37.0 Å². The van der Waals surface area contributed by atoms with Gasteiger partial charge >= 0.3 is 0 Å². The van der Waals surface area contributed by atoms with Crippen molar-refractivity contribution >= 4 is 34.6 Å². The van der Waals surface area contributed by atoms with Crippen LogP contribution < -0.4 is 20.9 Å². The maximum Gasteiger partial charge on any atom is 0.142 e. The molecule has 36 heavy (non-hydrogen) atoms. The van der Waals surface area contributed by atoms with Crippen molar-refractivity contribution in [2.45, 2.75) is 19.8 Å². The molecule has 4 aromatic carbocycles. The first-order valence-electron chi connectivity index (χ1n) is 10.9. The standard InChI is InChI=1S/C27H22Cl2FN3O3/c28-22-11-19(13-31)25(35-14-16-4-9-24(33-34)23(32)10-16)12-26(22)36-15-18-2-1-3-21(27(18)29)17-5-7-20(30)8-6-17/h1-12H,13-15,31-32H2. The van der Waals surface area contributed by atoms with Crippen LogP contribution in [0.3, 0.4) is 0 Å². The van der Waals surface area contributed by atoms with Gasteiger partial charge in [-0.05, 0) is 46.6 Å². The minimum Gasteiger partial charge on any atom is -0.488 e. The lowest BCUT2D eigenvalue weighted by Crippen LogP contribution is -2.05. The molecule has 0 unspecified atom stereocenters. The Morgan fingerprint density at radius 2 is 1.61 bits per heavy atom. The highest BCUT2D eigenvalue weighted by Gasteiger charge is 2.14. The lowest BCUT2D eigenvalue weighted by Gasteiger charge is -2.16. The predicted octanol–water partition coefficient (Wildman–Crippen LogP) is 7.40. The average molecular weight is 526 g/mol. The van der Waals surface area contributed by atoms with Gasteiger partial charge in [0.15, 0.2) is 0 Å². The molecule has 4 rings (SSSR count). The van der Waals surface area contributed by atoms with Crippen LogP contribution in [0.4, 0.5) is 15.8 Å². The zero-order valence-corrected chi connectivity index (χ0v) is 20.5. The molecule has 0 heterocycles. The molecule has 0 radical (unpaired) electrons. The molecule has 0 aliphatic rings. The summed E-state index contributed by atoms with van der Waals surface area (Å²) in [5.41, 5.74) is 15.9. The van der Waals surface area contributed by atoms with E-state index in [4.69, 9.17) is 44.1 Å². The van der Waals surface area contributed by atoms with E-state index in [9.17, 15) is 9.30 Å². The van der Waals surface area contributed by atoms with E-state index in [1.54, 1.807) is 36.4 Å². The van der Waals surface area contributed by atoms with Crippen LogP contribution in [-0.4, -0.2) is 0 Å². The minimum absolute atomic E-state index is 0.145. The van der Waals surface area contributed by atoms with Crippen molar-refractivity contribution in [2.24, 2.45) is 10.9 Å². The van der Waals surface area contributed by atoms with Crippen LogP contribution in [0.25, 0.3) is 11.1 Å². The first kappa shape index (κ1) is 25.4. The van der Waals surface area contributed by atoms with Gasteiger partial charge in [0.25, 0.3) is 0 Å². The fourth-order valence-corrected chi connectivity index (χ4v) is 4.15. The second-order valence-electron chi connectivity index (χ2n) is 7.94. The fraction of sp³-hybridized carbons (Fsp3) is 0.111. The number of nitrogen functional groups attached to an aromatic ring is 1. The summed E-state index contributed by atoms with van der Waals surface area (Å²) in [4.78, 5) is 10.7. The van der Waals surface area contributed by atoms with E-state index in [0.717, 1.165) is 22.3 Å². The molecule has 0 atom stereocenters. The SMILES string of the molecule is NCc1cc(Cl)c(OCc2cccc(-c3ccc(F)cc3)c2Cl)cc1OCc1ccc(N=O)c(N)c1. The van der Waals surface area contributed by atoms with Crippen molar-refractivity contribution in [2.75, 3.05) is 5.73 Å². The molecule has 184 valence electrons. The summed E-state index contributed by atoms with van der Waals surface area (Å²) in [5.74, 6) is 0.577. The number of ether oxygens (including phenoxy) is 2. The molecule has 0 bridgehead atoms. The molecule has 0 saturated carbocycles. The molecule has 6 nitrogen and oxygen atoms in total. The van der Waals surface area contributed by atoms with E-state index >= 15 is 0 Å². The Morgan fingerprint density at radius 3 is 2.31 bits per heavy atom.